The normalized spacial score (nSPS) is 14.8. The van der Waals surface area contributed by atoms with Crippen LogP contribution in [0.25, 0.3) is 11.0 Å². The van der Waals surface area contributed by atoms with Crippen LogP contribution in [-0.2, 0) is 5.54 Å². The van der Waals surface area contributed by atoms with Crippen LogP contribution in [-0.4, -0.2) is 17.1 Å². The summed E-state index contributed by atoms with van der Waals surface area (Å²) in [6, 6.07) is 5.78. The highest BCUT2D eigenvalue weighted by molar-refractivity contribution is 5.77. The number of benzene rings is 1. The van der Waals surface area contributed by atoms with Crippen LogP contribution in [0.3, 0.4) is 0 Å². The van der Waals surface area contributed by atoms with Crippen molar-refractivity contribution in [3.05, 3.63) is 24.0 Å². The van der Waals surface area contributed by atoms with E-state index >= 15 is 0 Å². The molecular formula is C13H19N3O. The highest BCUT2D eigenvalue weighted by atomic mass is 16.5. The molecule has 0 fully saturated rings. The second-order valence-corrected chi connectivity index (χ2v) is 4.64. The number of fused-ring (bicyclic) bond motifs is 1. The SMILES string of the molecule is CCCC(C)(N)c1nc2ccc(OC)cc2[nH]1. The minimum absolute atomic E-state index is 0.402. The van der Waals surface area contributed by atoms with E-state index in [1.807, 2.05) is 25.1 Å². The zero-order chi connectivity index (χ0) is 12.5. The quantitative estimate of drug-likeness (QED) is 0.853. The van der Waals surface area contributed by atoms with Gasteiger partial charge >= 0.3 is 0 Å². The third-order valence-electron chi connectivity index (χ3n) is 3.00. The van der Waals surface area contributed by atoms with Crippen LogP contribution in [0.2, 0.25) is 0 Å². The molecule has 0 spiro atoms. The van der Waals surface area contributed by atoms with Crippen molar-refractivity contribution in [1.29, 1.82) is 0 Å². The third-order valence-corrected chi connectivity index (χ3v) is 3.00. The summed E-state index contributed by atoms with van der Waals surface area (Å²) in [6.45, 7) is 4.13. The molecule has 4 heteroatoms. The van der Waals surface area contributed by atoms with Gasteiger partial charge in [0.25, 0.3) is 0 Å². The number of ether oxygens (including phenoxy) is 1. The Morgan fingerprint density at radius 3 is 2.88 bits per heavy atom. The number of H-pyrrole nitrogens is 1. The lowest BCUT2D eigenvalue weighted by atomic mass is 9.97. The molecule has 1 aromatic carbocycles. The van der Waals surface area contributed by atoms with Crippen molar-refractivity contribution in [2.45, 2.75) is 32.2 Å². The largest absolute Gasteiger partial charge is 0.497 e. The number of aromatic amines is 1. The molecule has 0 bridgehead atoms. The summed E-state index contributed by atoms with van der Waals surface area (Å²) in [7, 11) is 1.66. The third kappa shape index (κ3) is 2.26. The van der Waals surface area contributed by atoms with Gasteiger partial charge in [-0.2, -0.15) is 0 Å². The first-order valence-corrected chi connectivity index (χ1v) is 5.90. The number of aromatic nitrogens is 2. The van der Waals surface area contributed by atoms with Gasteiger partial charge in [0.05, 0.1) is 23.7 Å². The fourth-order valence-corrected chi connectivity index (χ4v) is 2.02. The summed E-state index contributed by atoms with van der Waals surface area (Å²) < 4.78 is 5.19. The molecule has 0 aliphatic rings. The second-order valence-electron chi connectivity index (χ2n) is 4.64. The lowest BCUT2D eigenvalue weighted by Gasteiger charge is -2.20. The smallest absolute Gasteiger partial charge is 0.127 e. The van der Waals surface area contributed by atoms with Gasteiger partial charge in [-0.25, -0.2) is 4.98 Å². The van der Waals surface area contributed by atoms with Crippen molar-refractivity contribution in [1.82, 2.24) is 9.97 Å². The summed E-state index contributed by atoms with van der Waals surface area (Å²) in [5.41, 5.74) is 7.75. The van der Waals surface area contributed by atoms with E-state index < -0.39 is 5.54 Å². The highest BCUT2D eigenvalue weighted by Crippen LogP contribution is 2.25. The van der Waals surface area contributed by atoms with Crippen LogP contribution in [0.4, 0.5) is 0 Å². The Balaban J connectivity index is 2.44. The van der Waals surface area contributed by atoms with E-state index in [-0.39, 0.29) is 0 Å². The van der Waals surface area contributed by atoms with Gasteiger partial charge in [0.2, 0.25) is 0 Å². The maximum atomic E-state index is 6.26. The fraction of sp³-hybridized carbons (Fsp3) is 0.462. The minimum atomic E-state index is -0.402. The summed E-state index contributed by atoms with van der Waals surface area (Å²) in [5, 5.41) is 0. The van der Waals surface area contributed by atoms with E-state index in [4.69, 9.17) is 10.5 Å². The zero-order valence-electron chi connectivity index (χ0n) is 10.6. The molecule has 92 valence electrons. The number of methoxy groups -OCH3 is 1. The van der Waals surface area contributed by atoms with E-state index in [0.717, 1.165) is 35.4 Å². The molecule has 0 aliphatic carbocycles. The predicted molar refractivity (Wildman–Crippen MR) is 69.1 cm³/mol. The van der Waals surface area contributed by atoms with Gasteiger partial charge in [0, 0.05) is 6.07 Å². The van der Waals surface area contributed by atoms with Crippen LogP contribution >= 0.6 is 0 Å². The molecule has 2 rings (SSSR count). The number of rotatable bonds is 4. The number of nitrogens with two attached hydrogens (primary N) is 1. The molecule has 1 atom stereocenters. The summed E-state index contributed by atoms with van der Waals surface area (Å²) in [6.07, 6.45) is 1.94. The van der Waals surface area contributed by atoms with E-state index in [9.17, 15) is 0 Å². The Hall–Kier alpha value is -1.55. The molecule has 17 heavy (non-hydrogen) atoms. The first-order chi connectivity index (χ1) is 8.06. The monoisotopic (exact) mass is 233 g/mol. The second kappa shape index (κ2) is 4.37. The Kier molecular flexibility index (Phi) is 3.07. The van der Waals surface area contributed by atoms with Gasteiger partial charge in [-0.1, -0.05) is 13.3 Å². The predicted octanol–water partition coefficient (Wildman–Crippen LogP) is 2.55. The lowest BCUT2D eigenvalue weighted by molar-refractivity contribution is 0.415. The first kappa shape index (κ1) is 11.9. The van der Waals surface area contributed by atoms with Gasteiger partial charge in [0.1, 0.15) is 11.6 Å². The molecule has 0 amide bonds. The van der Waals surface area contributed by atoms with E-state index in [2.05, 4.69) is 16.9 Å². The Morgan fingerprint density at radius 1 is 1.47 bits per heavy atom. The molecule has 0 saturated heterocycles. The van der Waals surface area contributed by atoms with Crippen LogP contribution in [0, 0.1) is 0 Å². The number of imidazole rings is 1. The van der Waals surface area contributed by atoms with E-state index in [0.29, 0.717) is 0 Å². The Morgan fingerprint density at radius 2 is 2.24 bits per heavy atom. The van der Waals surface area contributed by atoms with Crippen molar-refractivity contribution < 1.29 is 4.74 Å². The van der Waals surface area contributed by atoms with Crippen molar-refractivity contribution in [3.63, 3.8) is 0 Å². The van der Waals surface area contributed by atoms with Crippen molar-refractivity contribution in [2.24, 2.45) is 5.73 Å². The van der Waals surface area contributed by atoms with Gasteiger partial charge < -0.3 is 15.5 Å². The molecule has 2 aromatic rings. The average molecular weight is 233 g/mol. The maximum absolute atomic E-state index is 6.26. The number of hydrogen-bond acceptors (Lipinski definition) is 3. The number of nitrogens with zero attached hydrogens (tertiary/aromatic N) is 1. The average Bonchev–Trinajstić information content (AvgIpc) is 2.72. The molecule has 4 nitrogen and oxygen atoms in total. The molecule has 3 N–H and O–H groups in total. The molecule has 0 radical (unpaired) electrons. The first-order valence-electron chi connectivity index (χ1n) is 5.90. The summed E-state index contributed by atoms with van der Waals surface area (Å²) >= 11 is 0. The molecule has 1 heterocycles. The van der Waals surface area contributed by atoms with Gasteiger partial charge in [-0.15, -0.1) is 0 Å². The maximum Gasteiger partial charge on any atom is 0.127 e. The Labute approximate surface area is 101 Å². The number of hydrogen-bond donors (Lipinski definition) is 2. The fourth-order valence-electron chi connectivity index (χ4n) is 2.02. The van der Waals surface area contributed by atoms with Crippen LogP contribution < -0.4 is 10.5 Å². The Bertz CT molecular complexity index is 516. The number of nitrogens with one attached hydrogen (secondary N) is 1. The molecule has 0 aliphatic heterocycles. The van der Waals surface area contributed by atoms with Crippen molar-refractivity contribution in [3.8, 4) is 5.75 Å². The van der Waals surface area contributed by atoms with E-state index in [1.165, 1.54) is 0 Å². The van der Waals surface area contributed by atoms with Crippen molar-refractivity contribution in [2.75, 3.05) is 7.11 Å². The minimum Gasteiger partial charge on any atom is -0.497 e. The molecular weight excluding hydrogens is 214 g/mol. The van der Waals surface area contributed by atoms with Gasteiger partial charge in [-0.05, 0) is 25.5 Å². The topological polar surface area (TPSA) is 63.9 Å². The van der Waals surface area contributed by atoms with Crippen LogP contribution in [0.1, 0.15) is 32.5 Å². The zero-order valence-corrected chi connectivity index (χ0v) is 10.6. The van der Waals surface area contributed by atoms with Crippen LogP contribution in [0.15, 0.2) is 18.2 Å². The lowest BCUT2D eigenvalue weighted by Crippen LogP contribution is -2.34. The molecule has 1 aromatic heterocycles. The van der Waals surface area contributed by atoms with E-state index in [1.54, 1.807) is 7.11 Å². The van der Waals surface area contributed by atoms with Gasteiger partial charge in [-0.3, -0.25) is 0 Å². The van der Waals surface area contributed by atoms with Crippen molar-refractivity contribution >= 4 is 11.0 Å². The summed E-state index contributed by atoms with van der Waals surface area (Å²) in [5.74, 6) is 1.66. The molecule has 0 saturated carbocycles. The van der Waals surface area contributed by atoms with Crippen LogP contribution in [0.5, 0.6) is 5.75 Å². The highest BCUT2D eigenvalue weighted by Gasteiger charge is 2.23. The molecule has 1 unspecified atom stereocenters. The summed E-state index contributed by atoms with van der Waals surface area (Å²) in [4.78, 5) is 7.82. The van der Waals surface area contributed by atoms with Gasteiger partial charge in [0.15, 0.2) is 0 Å². The standard InChI is InChI=1S/C13H19N3O/c1-4-7-13(2,14)12-15-10-6-5-9(17-3)8-11(10)16-12/h5-6,8H,4,7,14H2,1-3H3,(H,15,16).